The normalized spacial score (nSPS) is 12.5. The quantitative estimate of drug-likeness (QED) is 0.170. The van der Waals surface area contributed by atoms with Crippen LogP contribution in [0.5, 0.6) is 0 Å². The smallest absolute Gasteiger partial charge is 0.305 e. The Morgan fingerprint density at radius 1 is 0.731 bits per heavy atom. The third kappa shape index (κ3) is 18.3. The van der Waals surface area contributed by atoms with Crippen molar-refractivity contribution in [2.24, 2.45) is 11.8 Å². The molecule has 0 spiro atoms. The molecule has 0 bridgehead atoms. The van der Waals surface area contributed by atoms with E-state index in [1.807, 2.05) is 0 Å². The molecule has 156 valence electrons. The molecule has 0 aliphatic rings. The highest BCUT2D eigenvalue weighted by Crippen LogP contribution is 2.17. The summed E-state index contributed by atoms with van der Waals surface area (Å²) in [5.41, 5.74) is 0. The molecular weight excluding hydrogens is 320 g/mol. The van der Waals surface area contributed by atoms with Crippen LogP contribution in [0.15, 0.2) is 0 Å². The molecule has 0 N–H and O–H groups in total. The predicted octanol–water partition coefficient (Wildman–Crippen LogP) is 8.08. The van der Waals surface area contributed by atoms with Gasteiger partial charge in [-0.05, 0) is 24.7 Å². The second-order valence-corrected chi connectivity index (χ2v) is 8.57. The molecule has 1 unspecified atom stereocenters. The van der Waals surface area contributed by atoms with E-state index in [0.29, 0.717) is 18.9 Å². The average molecular weight is 369 g/mol. The highest BCUT2D eigenvalue weighted by atomic mass is 16.5. The summed E-state index contributed by atoms with van der Waals surface area (Å²) in [7, 11) is 0. The van der Waals surface area contributed by atoms with Gasteiger partial charge in [0.1, 0.15) is 0 Å². The Morgan fingerprint density at radius 2 is 1.27 bits per heavy atom. The van der Waals surface area contributed by atoms with Crippen molar-refractivity contribution in [3.63, 3.8) is 0 Å². The van der Waals surface area contributed by atoms with E-state index in [-0.39, 0.29) is 5.97 Å². The molecule has 0 radical (unpaired) electrons. The van der Waals surface area contributed by atoms with Crippen LogP contribution in [-0.4, -0.2) is 12.6 Å². The second-order valence-electron chi connectivity index (χ2n) is 8.57. The van der Waals surface area contributed by atoms with Gasteiger partial charge in [0, 0.05) is 6.42 Å². The van der Waals surface area contributed by atoms with Crippen molar-refractivity contribution >= 4 is 5.97 Å². The van der Waals surface area contributed by atoms with Gasteiger partial charge in [-0.2, -0.15) is 0 Å². The number of ether oxygens (including phenoxy) is 1. The van der Waals surface area contributed by atoms with Crippen molar-refractivity contribution in [3.8, 4) is 0 Å². The fraction of sp³-hybridized carbons (Fsp3) is 0.958. The van der Waals surface area contributed by atoms with Gasteiger partial charge in [0.2, 0.25) is 0 Å². The van der Waals surface area contributed by atoms with Crippen LogP contribution in [-0.2, 0) is 9.53 Å². The molecule has 0 saturated heterocycles. The summed E-state index contributed by atoms with van der Waals surface area (Å²) in [6, 6.07) is 0. The maximum absolute atomic E-state index is 11.8. The molecule has 0 aromatic carbocycles. The number of rotatable bonds is 19. The van der Waals surface area contributed by atoms with Crippen LogP contribution in [0.25, 0.3) is 0 Å². The maximum Gasteiger partial charge on any atom is 0.305 e. The minimum Gasteiger partial charge on any atom is -0.465 e. The first kappa shape index (κ1) is 25.5. The van der Waals surface area contributed by atoms with Crippen molar-refractivity contribution in [2.75, 3.05) is 6.61 Å². The van der Waals surface area contributed by atoms with E-state index in [9.17, 15) is 4.79 Å². The molecule has 0 aromatic heterocycles. The van der Waals surface area contributed by atoms with Gasteiger partial charge in [-0.25, -0.2) is 0 Å². The van der Waals surface area contributed by atoms with Gasteiger partial charge in [-0.3, -0.25) is 4.79 Å². The molecule has 0 fully saturated rings. The van der Waals surface area contributed by atoms with Crippen LogP contribution < -0.4 is 0 Å². The molecule has 0 saturated carbocycles. The van der Waals surface area contributed by atoms with Gasteiger partial charge >= 0.3 is 5.97 Å². The van der Waals surface area contributed by atoms with Crippen LogP contribution >= 0.6 is 0 Å². The Kier molecular flexibility index (Phi) is 18.8. The molecule has 1 atom stereocenters. The summed E-state index contributed by atoms with van der Waals surface area (Å²) in [5.74, 6) is 1.30. The Labute approximate surface area is 164 Å². The first-order chi connectivity index (χ1) is 12.6. The lowest BCUT2D eigenvalue weighted by atomic mass is 9.98. The zero-order valence-corrected chi connectivity index (χ0v) is 18.5. The largest absolute Gasteiger partial charge is 0.465 e. The van der Waals surface area contributed by atoms with Crippen molar-refractivity contribution < 1.29 is 9.53 Å². The van der Waals surface area contributed by atoms with E-state index in [1.54, 1.807) is 0 Å². The Bertz CT molecular complexity index is 299. The molecule has 0 rings (SSSR count). The third-order valence-electron chi connectivity index (χ3n) is 5.44. The first-order valence-electron chi connectivity index (χ1n) is 11.8. The van der Waals surface area contributed by atoms with Gasteiger partial charge in [0.25, 0.3) is 0 Å². The Balaban J connectivity index is 3.48. The fourth-order valence-corrected chi connectivity index (χ4v) is 3.43. The molecule has 26 heavy (non-hydrogen) atoms. The molecular formula is C24H48O2. The maximum atomic E-state index is 11.8. The predicted molar refractivity (Wildman–Crippen MR) is 115 cm³/mol. The number of esters is 1. The van der Waals surface area contributed by atoms with Crippen LogP contribution in [0.3, 0.4) is 0 Å². The highest BCUT2D eigenvalue weighted by Gasteiger charge is 2.10. The second kappa shape index (κ2) is 19.2. The van der Waals surface area contributed by atoms with Crippen LogP contribution in [0.4, 0.5) is 0 Å². The van der Waals surface area contributed by atoms with Crippen molar-refractivity contribution in [1.82, 2.24) is 0 Å². The van der Waals surface area contributed by atoms with Crippen molar-refractivity contribution in [3.05, 3.63) is 0 Å². The number of hydrogen-bond acceptors (Lipinski definition) is 2. The number of unbranched alkanes of at least 4 members (excludes halogenated alkanes) is 10. The molecule has 0 aliphatic carbocycles. The minimum atomic E-state index is 0.00952. The van der Waals surface area contributed by atoms with E-state index in [2.05, 4.69) is 27.7 Å². The molecule has 2 nitrogen and oxygen atoms in total. The van der Waals surface area contributed by atoms with Crippen LogP contribution in [0.1, 0.15) is 130 Å². The van der Waals surface area contributed by atoms with E-state index >= 15 is 0 Å². The Morgan fingerprint density at radius 3 is 1.81 bits per heavy atom. The number of carbonyl (C=O) groups is 1. The molecule has 0 aromatic rings. The molecule has 0 heterocycles. The monoisotopic (exact) mass is 368 g/mol. The van der Waals surface area contributed by atoms with Crippen LogP contribution in [0.2, 0.25) is 0 Å². The Hall–Kier alpha value is -0.530. The zero-order valence-electron chi connectivity index (χ0n) is 18.5. The number of carbonyl (C=O) groups excluding carboxylic acids is 1. The van der Waals surface area contributed by atoms with E-state index in [0.717, 1.165) is 25.2 Å². The topological polar surface area (TPSA) is 26.3 Å². The molecule has 0 aliphatic heterocycles. The van der Waals surface area contributed by atoms with Gasteiger partial charge in [0.15, 0.2) is 0 Å². The summed E-state index contributed by atoms with van der Waals surface area (Å²) >= 11 is 0. The lowest BCUT2D eigenvalue weighted by Crippen LogP contribution is -2.13. The van der Waals surface area contributed by atoms with Crippen LogP contribution in [0, 0.1) is 11.8 Å². The van der Waals surface area contributed by atoms with E-state index in [1.165, 1.54) is 77.0 Å². The molecule has 0 amide bonds. The highest BCUT2D eigenvalue weighted by molar-refractivity contribution is 5.69. The standard InChI is InChI=1S/C24H48O2/c1-5-7-8-9-10-11-12-13-14-15-19-23(6-2)21-26-24(25)20-17-16-18-22(3)4/h22-23H,5-21H2,1-4H3. The SMILES string of the molecule is CCCCCCCCCCCCC(CC)COC(=O)CCCCC(C)C. The summed E-state index contributed by atoms with van der Waals surface area (Å²) in [5, 5.41) is 0. The minimum absolute atomic E-state index is 0.00952. The lowest BCUT2D eigenvalue weighted by molar-refractivity contribution is -0.145. The molecule has 2 heteroatoms. The first-order valence-corrected chi connectivity index (χ1v) is 11.8. The van der Waals surface area contributed by atoms with Crippen molar-refractivity contribution in [2.45, 2.75) is 130 Å². The van der Waals surface area contributed by atoms with E-state index in [4.69, 9.17) is 4.74 Å². The summed E-state index contributed by atoms with van der Waals surface area (Å²) in [6.45, 7) is 9.60. The summed E-state index contributed by atoms with van der Waals surface area (Å²) in [6.07, 6.45) is 20.1. The summed E-state index contributed by atoms with van der Waals surface area (Å²) in [4.78, 5) is 11.8. The number of hydrogen-bond donors (Lipinski definition) is 0. The van der Waals surface area contributed by atoms with Crippen molar-refractivity contribution in [1.29, 1.82) is 0 Å². The third-order valence-corrected chi connectivity index (χ3v) is 5.44. The van der Waals surface area contributed by atoms with Gasteiger partial charge in [0.05, 0.1) is 6.61 Å². The zero-order chi connectivity index (χ0) is 19.5. The average Bonchev–Trinajstić information content (AvgIpc) is 2.62. The summed E-state index contributed by atoms with van der Waals surface area (Å²) < 4.78 is 5.51. The van der Waals surface area contributed by atoms with Gasteiger partial charge in [-0.1, -0.05) is 111 Å². The fourth-order valence-electron chi connectivity index (χ4n) is 3.43. The van der Waals surface area contributed by atoms with Gasteiger partial charge < -0.3 is 4.74 Å². The van der Waals surface area contributed by atoms with E-state index < -0.39 is 0 Å². The van der Waals surface area contributed by atoms with Gasteiger partial charge in [-0.15, -0.1) is 0 Å². The lowest BCUT2D eigenvalue weighted by Gasteiger charge is -2.15.